The first-order valence-corrected chi connectivity index (χ1v) is 6.39. The van der Waals surface area contributed by atoms with Crippen molar-refractivity contribution in [2.75, 3.05) is 18.0 Å². The van der Waals surface area contributed by atoms with Crippen molar-refractivity contribution in [1.29, 1.82) is 0 Å². The summed E-state index contributed by atoms with van der Waals surface area (Å²) in [6.07, 6.45) is -2.65. The van der Waals surface area contributed by atoms with Crippen LogP contribution in [0.2, 0.25) is 0 Å². The van der Waals surface area contributed by atoms with Gasteiger partial charge in [-0.25, -0.2) is 0 Å². The third kappa shape index (κ3) is 3.02. The number of rotatable bonds is 2. The molecule has 1 aliphatic rings. The highest BCUT2D eigenvalue weighted by atomic mass is 19.4. The second-order valence-electron chi connectivity index (χ2n) is 5.15. The predicted octanol–water partition coefficient (Wildman–Crippen LogP) is 3.85. The molecule has 7 heteroatoms. The minimum Gasteiger partial charge on any atom is -0.366 e. The second kappa shape index (κ2) is 5.30. The Hall–Kier alpha value is -1.79. The van der Waals surface area contributed by atoms with E-state index in [9.17, 15) is 23.3 Å². The highest BCUT2D eigenvalue weighted by Crippen LogP contribution is 2.37. The fourth-order valence-electron chi connectivity index (χ4n) is 2.52. The fraction of sp³-hybridized carbons (Fsp3) is 0.538. The van der Waals surface area contributed by atoms with E-state index >= 15 is 0 Å². The average molecular weight is 288 g/mol. The van der Waals surface area contributed by atoms with E-state index in [4.69, 9.17) is 0 Å². The summed E-state index contributed by atoms with van der Waals surface area (Å²) in [5.74, 6) is 0.380. The molecule has 0 aliphatic carbocycles. The molecule has 1 saturated heterocycles. The van der Waals surface area contributed by atoms with Crippen LogP contribution in [0.1, 0.15) is 25.3 Å². The van der Waals surface area contributed by atoms with Crippen molar-refractivity contribution in [3.63, 3.8) is 0 Å². The Bertz CT molecular complexity index is 517. The Kier molecular flexibility index (Phi) is 3.87. The van der Waals surface area contributed by atoms with E-state index in [0.29, 0.717) is 25.1 Å². The highest BCUT2D eigenvalue weighted by molar-refractivity contribution is 5.64. The number of halogens is 3. The molecular formula is C13H15F3N2O2. The van der Waals surface area contributed by atoms with Gasteiger partial charge in [0.25, 0.3) is 5.69 Å². The number of anilines is 1. The topological polar surface area (TPSA) is 46.4 Å². The molecule has 0 bridgehead atoms. The van der Waals surface area contributed by atoms with Crippen LogP contribution in [0.4, 0.5) is 24.5 Å². The van der Waals surface area contributed by atoms with Crippen molar-refractivity contribution < 1.29 is 18.1 Å². The van der Waals surface area contributed by atoms with Crippen molar-refractivity contribution in [1.82, 2.24) is 0 Å². The molecule has 0 radical (unpaired) electrons. The first-order valence-electron chi connectivity index (χ1n) is 6.39. The van der Waals surface area contributed by atoms with Crippen LogP contribution in [0, 0.1) is 16.0 Å². The second-order valence-corrected chi connectivity index (χ2v) is 5.15. The summed E-state index contributed by atoms with van der Waals surface area (Å²) in [5.41, 5.74) is -1.19. The van der Waals surface area contributed by atoms with Gasteiger partial charge in [0.15, 0.2) is 0 Å². The number of alkyl halides is 3. The van der Waals surface area contributed by atoms with Crippen LogP contribution in [-0.4, -0.2) is 18.0 Å². The van der Waals surface area contributed by atoms with Gasteiger partial charge in [-0.1, -0.05) is 6.92 Å². The summed E-state index contributed by atoms with van der Waals surface area (Å²) < 4.78 is 37.9. The molecule has 0 saturated carbocycles. The Labute approximate surface area is 114 Å². The zero-order valence-corrected chi connectivity index (χ0v) is 11.0. The fourth-order valence-corrected chi connectivity index (χ4v) is 2.52. The maximum Gasteiger partial charge on any atom is 0.416 e. The SMILES string of the molecule is C[C@@H]1CCCN(c2ccc(C(F)(F)F)cc2[N+](=O)[O-])C1. The van der Waals surface area contributed by atoms with E-state index < -0.39 is 22.4 Å². The summed E-state index contributed by atoms with van der Waals surface area (Å²) >= 11 is 0. The van der Waals surface area contributed by atoms with E-state index in [1.54, 1.807) is 4.90 Å². The monoisotopic (exact) mass is 288 g/mol. The molecule has 2 rings (SSSR count). The smallest absolute Gasteiger partial charge is 0.366 e. The molecule has 1 fully saturated rings. The average Bonchev–Trinajstić information content (AvgIpc) is 2.37. The quantitative estimate of drug-likeness (QED) is 0.613. The van der Waals surface area contributed by atoms with Gasteiger partial charge in [0.05, 0.1) is 10.5 Å². The van der Waals surface area contributed by atoms with Crippen LogP contribution in [0.3, 0.4) is 0 Å². The Morgan fingerprint density at radius 2 is 2.10 bits per heavy atom. The summed E-state index contributed by atoms with van der Waals surface area (Å²) in [6, 6.07) is 2.73. The van der Waals surface area contributed by atoms with Crippen molar-refractivity contribution in [2.24, 2.45) is 5.92 Å². The van der Waals surface area contributed by atoms with Gasteiger partial charge in [-0.05, 0) is 30.9 Å². The van der Waals surface area contributed by atoms with Gasteiger partial charge in [-0.2, -0.15) is 13.2 Å². The maximum absolute atomic E-state index is 12.6. The number of benzene rings is 1. The van der Waals surface area contributed by atoms with Gasteiger partial charge in [0.1, 0.15) is 5.69 Å². The summed E-state index contributed by atoms with van der Waals surface area (Å²) in [6.45, 7) is 3.30. The van der Waals surface area contributed by atoms with Gasteiger partial charge in [-0.15, -0.1) is 0 Å². The zero-order valence-electron chi connectivity index (χ0n) is 11.0. The molecule has 4 nitrogen and oxygen atoms in total. The highest BCUT2D eigenvalue weighted by Gasteiger charge is 2.34. The molecule has 0 N–H and O–H groups in total. The molecule has 1 aliphatic heterocycles. The molecule has 110 valence electrons. The van der Waals surface area contributed by atoms with Gasteiger partial charge < -0.3 is 4.90 Å². The molecule has 0 unspecified atom stereocenters. The summed E-state index contributed by atoms with van der Waals surface area (Å²) in [4.78, 5) is 12.1. The lowest BCUT2D eigenvalue weighted by atomic mass is 9.99. The predicted molar refractivity (Wildman–Crippen MR) is 68.7 cm³/mol. The largest absolute Gasteiger partial charge is 0.416 e. The van der Waals surface area contributed by atoms with E-state index in [-0.39, 0.29) is 5.69 Å². The molecule has 1 heterocycles. The summed E-state index contributed by atoms with van der Waals surface area (Å²) in [5, 5.41) is 11.0. The van der Waals surface area contributed by atoms with Crippen LogP contribution >= 0.6 is 0 Å². The van der Waals surface area contributed by atoms with Crippen molar-refractivity contribution in [3.8, 4) is 0 Å². The van der Waals surface area contributed by atoms with E-state index in [0.717, 1.165) is 18.9 Å². The minimum absolute atomic E-state index is 0.273. The van der Waals surface area contributed by atoms with Crippen molar-refractivity contribution >= 4 is 11.4 Å². The zero-order chi connectivity index (χ0) is 14.9. The Balaban J connectivity index is 2.40. The number of piperidine rings is 1. The first kappa shape index (κ1) is 14.6. The van der Waals surface area contributed by atoms with Gasteiger partial charge in [0.2, 0.25) is 0 Å². The molecular weight excluding hydrogens is 273 g/mol. The lowest BCUT2D eigenvalue weighted by Crippen LogP contribution is -2.34. The lowest BCUT2D eigenvalue weighted by Gasteiger charge is -2.32. The van der Waals surface area contributed by atoms with Crippen LogP contribution < -0.4 is 4.90 Å². The number of hydrogen-bond acceptors (Lipinski definition) is 3. The lowest BCUT2D eigenvalue weighted by molar-refractivity contribution is -0.384. The number of nitro groups is 1. The van der Waals surface area contributed by atoms with Gasteiger partial charge >= 0.3 is 6.18 Å². The third-order valence-electron chi connectivity index (χ3n) is 3.50. The standard InChI is InChI=1S/C13H15F3N2O2/c1-9-3-2-6-17(8-9)11-5-4-10(13(14,15)16)7-12(11)18(19)20/h4-5,7,9H,2-3,6,8H2,1H3/t9-/m1/s1. The number of nitro benzene ring substituents is 1. The van der Waals surface area contributed by atoms with E-state index in [1.807, 2.05) is 6.92 Å². The van der Waals surface area contributed by atoms with Gasteiger partial charge in [0, 0.05) is 19.2 Å². The molecule has 1 aromatic carbocycles. The van der Waals surface area contributed by atoms with Crippen molar-refractivity contribution in [2.45, 2.75) is 25.9 Å². The van der Waals surface area contributed by atoms with Gasteiger partial charge in [-0.3, -0.25) is 10.1 Å². The Morgan fingerprint density at radius 1 is 1.40 bits per heavy atom. The van der Waals surface area contributed by atoms with Crippen LogP contribution in [0.15, 0.2) is 18.2 Å². The maximum atomic E-state index is 12.6. The van der Waals surface area contributed by atoms with Crippen LogP contribution in [0.5, 0.6) is 0 Å². The van der Waals surface area contributed by atoms with Crippen LogP contribution in [0.25, 0.3) is 0 Å². The third-order valence-corrected chi connectivity index (χ3v) is 3.50. The Morgan fingerprint density at radius 3 is 2.65 bits per heavy atom. The van der Waals surface area contributed by atoms with E-state index in [2.05, 4.69) is 0 Å². The summed E-state index contributed by atoms with van der Waals surface area (Å²) in [7, 11) is 0. The number of nitrogens with zero attached hydrogens (tertiary/aromatic N) is 2. The molecule has 0 spiro atoms. The molecule has 1 atom stereocenters. The normalized spacial score (nSPS) is 20.0. The minimum atomic E-state index is -4.57. The molecule has 0 aromatic heterocycles. The number of hydrogen-bond donors (Lipinski definition) is 0. The molecule has 1 aromatic rings. The van der Waals surface area contributed by atoms with E-state index in [1.165, 1.54) is 6.07 Å². The first-order chi connectivity index (χ1) is 9.29. The molecule has 20 heavy (non-hydrogen) atoms. The molecule has 0 amide bonds. The van der Waals surface area contributed by atoms with Crippen molar-refractivity contribution in [3.05, 3.63) is 33.9 Å². The van der Waals surface area contributed by atoms with Crippen LogP contribution in [-0.2, 0) is 6.18 Å².